The molecule has 3 heteroatoms. The maximum Gasteiger partial charge on any atom is 0.239 e. The van der Waals surface area contributed by atoms with E-state index in [-0.39, 0.29) is 11.3 Å². The van der Waals surface area contributed by atoms with Gasteiger partial charge >= 0.3 is 0 Å². The van der Waals surface area contributed by atoms with Crippen LogP contribution in [0.2, 0.25) is 0 Å². The highest BCUT2D eigenvalue weighted by Crippen LogP contribution is 2.18. The molecular formula is C10H22N2O. The second-order valence-electron chi connectivity index (χ2n) is 4.60. The number of hydrogen-bond acceptors (Lipinski definition) is 2. The van der Waals surface area contributed by atoms with Crippen LogP contribution in [-0.4, -0.2) is 30.4 Å². The third kappa shape index (κ3) is 3.77. The average Bonchev–Trinajstić information content (AvgIpc) is 2.00. The highest BCUT2D eigenvalue weighted by atomic mass is 16.2. The number of likely N-dealkylation sites (N-methyl/N-ethyl adjacent to an activating group) is 1. The summed E-state index contributed by atoms with van der Waals surface area (Å²) in [4.78, 5) is 13.4. The number of carbonyl (C=O) groups is 1. The normalized spacial score (nSPS) is 14.0. The van der Waals surface area contributed by atoms with Gasteiger partial charge in [0.05, 0.1) is 6.04 Å². The Kier molecular flexibility index (Phi) is 4.40. The number of carbonyl (C=O) groups excluding carboxylic acids is 1. The van der Waals surface area contributed by atoms with Gasteiger partial charge in [-0.3, -0.25) is 4.79 Å². The average molecular weight is 186 g/mol. The van der Waals surface area contributed by atoms with E-state index in [0.717, 1.165) is 13.0 Å². The Labute approximate surface area is 81.3 Å². The van der Waals surface area contributed by atoms with E-state index >= 15 is 0 Å². The molecule has 0 rings (SSSR count). The van der Waals surface area contributed by atoms with E-state index in [9.17, 15) is 4.79 Å². The first-order valence-corrected chi connectivity index (χ1v) is 4.81. The zero-order chi connectivity index (χ0) is 10.6. The van der Waals surface area contributed by atoms with Crippen molar-refractivity contribution in [3.8, 4) is 0 Å². The smallest absolute Gasteiger partial charge is 0.239 e. The van der Waals surface area contributed by atoms with Crippen molar-refractivity contribution in [1.82, 2.24) is 4.90 Å². The number of nitrogens with zero attached hydrogens (tertiary/aromatic N) is 1. The summed E-state index contributed by atoms with van der Waals surface area (Å²) in [6.07, 6.45) is 0.971. The van der Waals surface area contributed by atoms with Crippen molar-refractivity contribution in [1.29, 1.82) is 0 Å². The molecule has 78 valence electrons. The Morgan fingerprint density at radius 1 is 1.46 bits per heavy atom. The van der Waals surface area contributed by atoms with Gasteiger partial charge in [-0.1, -0.05) is 27.7 Å². The van der Waals surface area contributed by atoms with Crippen LogP contribution >= 0.6 is 0 Å². The van der Waals surface area contributed by atoms with Crippen LogP contribution in [0.1, 0.15) is 34.1 Å². The van der Waals surface area contributed by atoms with Crippen LogP contribution in [0.3, 0.4) is 0 Å². The number of nitrogens with two attached hydrogens (primary N) is 1. The van der Waals surface area contributed by atoms with E-state index < -0.39 is 6.04 Å². The molecule has 0 aliphatic rings. The van der Waals surface area contributed by atoms with Crippen LogP contribution in [0.5, 0.6) is 0 Å². The molecule has 0 saturated carbocycles. The van der Waals surface area contributed by atoms with Crippen molar-refractivity contribution in [2.75, 3.05) is 13.6 Å². The molecule has 0 aromatic heterocycles. The molecule has 2 N–H and O–H groups in total. The van der Waals surface area contributed by atoms with Crippen LogP contribution in [0, 0.1) is 5.41 Å². The molecule has 0 fully saturated rings. The van der Waals surface area contributed by atoms with E-state index in [2.05, 4.69) is 0 Å². The maximum atomic E-state index is 11.7. The van der Waals surface area contributed by atoms with Gasteiger partial charge < -0.3 is 10.6 Å². The number of hydrogen-bond donors (Lipinski definition) is 1. The molecule has 0 aliphatic carbocycles. The molecule has 13 heavy (non-hydrogen) atoms. The summed E-state index contributed by atoms with van der Waals surface area (Å²) in [5.74, 6) is 0.0364. The Balaban J connectivity index is 4.26. The van der Waals surface area contributed by atoms with E-state index in [4.69, 9.17) is 5.73 Å². The maximum absolute atomic E-state index is 11.7. The van der Waals surface area contributed by atoms with Crippen LogP contribution in [0.15, 0.2) is 0 Å². The number of rotatable bonds is 3. The van der Waals surface area contributed by atoms with Crippen LogP contribution in [0.25, 0.3) is 0 Å². The van der Waals surface area contributed by atoms with Crippen LogP contribution in [0.4, 0.5) is 0 Å². The van der Waals surface area contributed by atoms with E-state index in [1.165, 1.54) is 0 Å². The third-order valence-corrected chi connectivity index (χ3v) is 2.13. The zero-order valence-corrected chi connectivity index (χ0v) is 9.42. The molecule has 0 bridgehead atoms. The minimum absolute atomic E-state index is 0.0364. The molecule has 1 atom stereocenters. The molecule has 3 nitrogen and oxygen atoms in total. The van der Waals surface area contributed by atoms with Gasteiger partial charge in [0, 0.05) is 13.6 Å². The van der Waals surface area contributed by atoms with Crippen LogP contribution < -0.4 is 5.73 Å². The topological polar surface area (TPSA) is 46.3 Å². The largest absolute Gasteiger partial charge is 0.344 e. The minimum atomic E-state index is -0.399. The molecule has 0 radical (unpaired) electrons. The lowest BCUT2D eigenvalue weighted by Crippen LogP contribution is -2.49. The van der Waals surface area contributed by atoms with Gasteiger partial charge in [0.25, 0.3) is 0 Å². The quantitative estimate of drug-likeness (QED) is 0.720. The predicted molar refractivity (Wildman–Crippen MR) is 55.4 cm³/mol. The fraction of sp³-hybridized carbons (Fsp3) is 0.900. The first-order valence-electron chi connectivity index (χ1n) is 4.81. The minimum Gasteiger partial charge on any atom is -0.344 e. The van der Waals surface area contributed by atoms with Gasteiger partial charge in [0.2, 0.25) is 5.91 Å². The Morgan fingerprint density at radius 2 is 1.92 bits per heavy atom. The van der Waals surface area contributed by atoms with E-state index in [0.29, 0.717) is 0 Å². The first kappa shape index (κ1) is 12.4. The summed E-state index contributed by atoms with van der Waals surface area (Å²) >= 11 is 0. The van der Waals surface area contributed by atoms with Gasteiger partial charge in [0.15, 0.2) is 0 Å². The fourth-order valence-corrected chi connectivity index (χ4v) is 1.05. The molecule has 0 saturated heterocycles. The molecule has 0 aromatic carbocycles. The monoisotopic (exact) mass is 186 g/mol. The molecule has 0 aliphatic heterocycles. The summed E-state index contributed by atoms with van der Waals surface area (Å²) in [6, 6.07) is -0.399. The number of amides is 1. The summed E-state index contributed by atoms with van der Waals surface area (Å²) in [6.45, 7) is 8.77. The SMILES string of the molecule is CCCN(C)C(=O)C(N)C(C)(C)C. The molecular weight excluding hydrogens is 164 g/mol. The van der Waals surface area contributed by atoms with Crippen molar-refractivity contribution in [2.45, 2.75) is 40.2 Å². The van der Waals surface area contributed by atoms with E-state index in [1.54, 1.807) is 11.9 Å². The Bertz CT molecular complexity index is 172. The lowest BCUT2D eigenvalue weighted by molar-refractivity contribution is -0.133. The summed E-state index contributed by atoms with van der Waals surface area (Å²) in [5.41, 5.74) is 5.68. The van der Waals surface area contributed by atoms with Gasteiger partial charge in [0.1, 0.15) is 0 Å². The third-order valence-electron chi connectivity index (χ3n) is 2.13. The zero-order valence-electron chi connectivity index (χ0n) is 9.42. The molecule has 1 amide bonds. The molecule has 0 heterocycles. The summed E-state index contributed by atoms with van der Waals surface area (Å²) in [5, 5.41) is 0. The van der Waals surface area contributed by atoms with Gasteiger partial charge in [-0.05, 0) is 11.8 Å². The predicted octanol–water partition coefficient (Wildman–Crippen LogP) is 1.23. The van der Waals surface area contributed by atoms with Crippen molar-refractivity contribution >= 4 is 5.91 Å². The van der Waals surface area contributed by atoms with Gasteiger partial charge in [-0.25, -0.2) is 0 Å². The second kappa shape index (κ2) is 4.61. The summed E-state index contributed by atoms with van der Waals surface area (Å²) < 4.78 is 0. The Hall–Kier alpha value is -0.570. The molecule has 0 spiro atoms. The lowest BCUT2D eigenvalue weighted by atomic mass is 9.86. The van der Waals surface area contributed by atoms with Gasteiger partial charge in [-0.15, -0.1) is 0 Å². The van der Waals surface area contributed by atoms with Crippen molar-refractivity contribution < 1.29 is 4.79 Å². The lowest BCUT2D eigenvalue weighted by Gasteiger charge is -2.29. The van der Waals surface area contributed by atoms with E-state index in [1.807, 2.05) is 27.7 Å². The Morgan fingerprint density at radius 3 is 2.23 bits per heavy atom. The first-order chi connectivity index (χ1) is 5.80. The van der Waals surface area contributed by atoms with Crippen molar-refractivity contribution in [3.63, 3.8) is 0 Å². The van der Waals surface area contributed by atoms with Crippen molar-refractivity contribution in [2.24, 2.45) is 11.1 Å². The summed E-state index contributed by atoms with van der Waals surface area (Å²) in [7, 11) is 1.80. The highest BCUT2D eigenvalue weighted by molar-refractivity contribution is 5.82. The van der Waals surface area contributed by atoms with Gasteiger partial charge in [-0.2, -0.15) is 0 Å². The molecule has 0 aromatic rings. The molecule has 1 unspecified atom stereocenters. The highest BCUT2D eigenvalue weighted by Gasteiger charge is 2.29. The fourth-order valence-electron chi connectivity index (χ4n) is 1.05. The second-order valence-corrected chi connectivity index (χ2v) is 4.60. The standard InChI is InChI=1S/C10H22N2O/c1-6-7-12(5)9(13)8(11)10(2,3)4/h8H,6-7,11H2,1-5H3. The van der Waals surface area contributed by atoms with Crippen LogP contribution in [-0.2, 0) is 4.79 Å². The van der Waals surface area contributed by atoms with Crippen molar-refractivity contribution in [3.05, 3.63) is 0 Å².